The molecule has 1 fully saturated rings. The van der Waals surface area contributed by atoms with Gasteiger partial charge in [0.2, 0.25) is 10.0 Å². The van der Waals surface area contributed by atoms with Crippen LogP contribution in [0, 0.1) is 0 Å². The number of rotatable bonds is 7. The number of para-hydroxylation sites is 1. The zero-order chi connectivity index (χ0) is 20.8. The van der Waals surface area contributed by atoms with Gasteiger partial charge in [-0.25, -0.2) is 13.1 Å². The minimum absolute atomic E-state index is 0.287. The lowest BCUT2D eigenvalue weighted by Crippen LogP contribution is -2.45. The van der Waals surface area contributed by atoms with E-state index >= 15 is 0 Å². The number of sulfonamides is 1. The Balaban J connectivity index is 1.35. The Kier molecular flexibility index (Phi) is 6.47. The minimum Gasteiger partial charge on any atom is -0.369 e. The van der Waals surface area contributed by atoms with E-state index in [4.69, 9.17) is 0 Å². The van der Waals surface area contributed by atoms with E-state index in [0.29, 0.717) is 4.90 Å². The highest BCUT2D eigenvalue weighted by atomic mass is 32.2. The van der Waals surface area contributed by atoms with E-state index in [1.165, 1.54) is 5.69 Å². The summed E-state index contributed by atoms with van der Waals surface area (Å²) in [5.41, 5.74) is 3.22. The molecule has 0 unspecified atom stereocenters. The molecule has 1 heterocycles. The second-order valence-corrected chi connectivity index (χ2v) is 9.32. The Morgan fingerprint density at radius 2 is 1.37 bits per heavy atom. The first-order valence-corrected chi connectivity index (χ1v) is 11.7. The molecule has 5 nitrogen and oxygen atoms in total. The first-order valence-electron chi connectivity index (χ1n) is 10.2. The van der Waals surface area contributed by atoms with Crippen molar-refractivity contribution in [1.29, 1.82) is 0 Å². The van der Waals surface area contributed by atoms with Crippen molar-refractivity contribution in [3.63, 3.8) is 0 Å². The lowest BCUT2D eigenvalue weighted by Gasteiger charge is -2.36. The largest absolute Gasteiger partial charge is 0.369 e. The Morgan fingerprint density at radius 3 is 2.07 bits per heavy atom. The van der Waals surface area contributed by atoms with E-state index in [-0.39, 0.29) is 6.54 Å². The van der Waals surface area contributed by atoms with Gasteiger partial charge < -0.3 is 4.90 Å². The van der Waals surface area contributed by atoms with Crippen LogP contribution in [0.15, 0.2) is 89.8 Å². The van der Waals surface area contributed by atoms with Crippen molar-refractivity contribution in [2.75, 3.05) is 31.1 Å². The van der Waals surface area contributed by atoms with Crippen LogP contribution in [0.4, 0.5) is 5.69 Å². The van der Waals surface area contributed by atoms with E-state index in [9.17, 15) is 8.42 Å². The van der Waals surface area contributed by atoms with Gasteiger partial charge in [0.25, 0.3) is 0 Å². The van der Waals surface area contributed by atoms with Gasteiger partial charge in [-0.3, -0.25) is 4.90 Å². The molecule has 1 N–H and O–H groups in total. The van der Waals surface area contributed by atoms with Crippen molar-refractivity contribution in [2.24, 2.45) is 0 Å². The van der Waals surface area contributed by atoms with Crippen LogP contribution in [0.5, 0.6) is 0 Å². The summed E-state index contributed by atoms with van der Waals surface area (Å²) in [6.07, 6.45) is 0. The molecule has 0 spiro atoms. The number of nitrogens with zero attached hydrogens (tertiary/aromatic N) is 2. The topological polar surface area (TPSA) is 52.7 Å². The lowest BCUT2D eigenvalue weighted by molar-refractivity contribution is 0.249. The van der Waals surface area contributed by atoms with Crippen molar-refractivity contribution in [3.8, 4) is 0 Å². The summed E-state index contributed by atoms with van der Waals surface area (Å²) in [4.78, 5) is 5.09. The molecule has 0 aliphatic carbocycles. The number of hydrogen-bond donors (Lipinski definition) is 1. The normalized spacial score (nSPS) is 15.3. The summed E-state index contributed by atoms with van der Waals surface area (Å²) in [5.74, 6) is 0. The Labute approximate surface area is 179 Å². The van der Waals surface area contributed by atoms with Crippen LogP contribution >= 0.6 is 0 Å². The lowest BCUT2D eigenvalue weighted by atomic mass is 10.2. The molecular weight excluding hydrogens is 394 g/mol. The second kappa shape index (κ2) is 9.43. The third-order valence-electron chi connectivity index (χ3n) is 5.42. The quantitative estimate of drug-likeness (QED) is 0.635. The molecular formula is C24H27N3O2S. The van der Waals surface area contributed by atoms with Crippen molar-refractivity contribution in [2.45, 2.75) is 18.0 Å². The molecule has 0 aromatic heterocycles. The predicted molar refractivity (Wildman–Crippen MR) is 121 cm³/mol. The van der Waals surface area contributed by atoms with Crippen LogP contribution in [0.25, 0.3) is 0 Å². The Bertz CT molecular complexity index is 1050. The summed E-state index contributed by atoms with van der Waals surface area (Å²) >= 11 is 0. The summed E-state index contributed by atoms with van der Waals surface area (Å²) in [5, 5.41) is 0. The van der Waals surface area contributed by atoms with Gasteiger partial charge in [-0.2, -0.15) is 0 Å². The zero-order valence-corrected chi connectivity index (χ0v) is 17.8. The third-order valence-corrected chi connectivity index (χ3v) is 6.82. The van der Waals surface area contributed by atoms with Crippen LogP contribution in [0.1, 0.15) is 11.1 Å². The molecule has 0 saturated carbocycles. The van der Waals surface area contributed by atoms with Gasteiger partial charge in [0.15, 0.2) is 0 Å². The highest BCUT2D eigenvalue weighted by Gasteiger charge is 2.19. The van der Waals surface area contributed by atoms with Crippen molar-refractivity contribution < 1.29 is 8.42 Å². The maximum absolute atomic E-state index is 12.7. The highest BCUT2D eigenvalue weighted by Crippen LogP contribution is 2.18. The predicted octanol–water partition coefficient (Wildman–Crippen LogP) is 3.49. The average molecular weight is 422 g/mol. The van der Waals surface area contributed by atoms with Gasteiger partial charge in [-0.15, -0.1) is 0 Å². The van der Waals surface area contributed by atoms with Crippen LogP contribution in [0.2, 0.25) is 0 Å². The van der Waals surface area contributed by atoms with E-state index in [1.807, 2.05) is 48.5 Å². The van der Waals surface area contributed by atoms with E-state index in [1.54, 1.807) is 12.1 Å². The highest BCUT2D eigenvalue weighted by molar-refractivity contribution is 7.89. The average Bonchev–Trinajstić information content (AvgIpc) is 2.80. The second-order valence-electron chi connectivity index (χ2n) is 7.56. The number of piperazine rings is 1. The molecule has 6 heteroatoms. The van der Waals surface area contributed by atoms with Crippen LogP contribution in [-0.2, 0) is 23.1 Å². The maximum Gasteiger partial charge on any atom is 0.240 e. The van der Waals surface area contributed by atoms with Crippen LogP contribution in [0.3, 0.4) is 0 Å². The summed E-state index contributed by atoms with van der Waals surface area (Å²) in [7, 11) is -3.54. The Morgan fingerprint density at radius 1 is 0.733 bits per heavy atom. The zero-order valence-electron chi connectivity index (χ0n) is 16.9. The van der Waals surface area contributed by atoms with Crippen molar-refractivity contribution in [3.05, 3.63) is 96.1 Å². The molecule has 4 rings (SSSR count). The fourth-order valence-electron chi connectivity index (χ4n) is 3.73. The van der Waals surface area contributed by atoms with Gasteiger partial charge >= 0.3 is 0 Å². The summed E-state index contributed by atoms with van der Waals surface area (Å²) < 4.78 is 28.1. The number of benzene rings is 3. The molecule has 1 saturated heterocycles. The molecule has 3 aromatic rings. The monoisotopic (exact) mass is 421 g/mol. The summed E-state index contributed by atoms with van der Waals surface area (Å²) in [6, 6.07) is 27.3. The maximum atomic E-state index is 12.7. The van der Waals surface area contributed by atoms with E-state index in [2.05, 4.69) is 38.8 Å². The van der Waals surface area contributed by atoms with Gasteiger partial charge in [0.05, 0.1) is 4.90 Å². The molecule has 0 bridgehead atoms. The van der Waals surface area contributed by atoms with Crippen molar-refractivity contribution >= 4 is 15.7 Å². The molecule has 1 aliphatic heterocycles. The SMILES string of the molecule is O=S(=O)(NCc1ccccc1)c1cccc(CN2CCN(c3ccccc3)CC2)c1. The molecule has 0 atom stereocenters. The van der Waals surface area contributed by atoms with E-state index in [0.717, 1.165) is 43.9 Å². The van der Waals surface area contributed by atoms with Gasteiger partial charge in [-0.1, -0.05) is 60.7 Å². The number of nitrogens with one attached hydrogen (secondary N) is 1. The molecule has 1 aliphatic rings. The fourth-order valence-corrected chi connectivity index (χ4v) is 4.82. The summed E-state index contributed by atoms with van der Waals surface area (Å²) in [6.45, 7) is 4.90. The van der Waals surface area contributed by atoms with Gasteiger partial charge in [0, 0.05) is 45.0 Å². The molecule has 0 amide bonds. The number of anilines is 1. The first-order chi connectivity index (χ1) is 14.6. The van der Waals surface area contributed by atoms with Gasteiger partial charge in [-0.05, 0) is 35.4 Å². The smallest absolute Gasteiger partial charge is 0.240 e. The van der Waals surface area contributed by atoms with E-state index < -0.39 is 10.0 Å². The molecule has 30 heavy (non-hydrogen) atoms. The minimum atomic E-state index is -3.54. The standard InChI is InChI=1S/C24H27N3O2S/c28-30(29,25-19-21-8-3-1-4-9-21)24-13-7-10-22(18-24)20-26-14-16-27(17-15-26)23-11-5-2-6-12-23/h1-13,18,25H,14-17,19-20H2. The third kappa shape index (κ3) is 5.27. The van der Waals surface area contributed by atoms with Crippen molar-refractivity contribution in [1.82, 2.24) is 9.62 Å². The molecule has 156 valence electrons. The van der Waals surface area contributed by atoms with Crippen LogP contribution in [-0.4, -0.2) is 39.5 Å². The van der Waals surface area contributed by atoms with Crippen LogP contribution < -0.4 is 9.62 Å². The molecule has 0 radical (unpaired) electrons. The Hall–Kier alpha value is -2.67. The molecule has 3 aromatic carbocycles. The first kappa shape index (κ1) is 20.6. The fraction of sp³-hybridized carbons (Fsp3) is 0.250. The number of hydrogen-bond acceptors (Lipinski definition) is 4. The van der Waals surface area contributed by atoms with Gasteiger partial charge in [0.1, 0.15) is 0 Å².